The Balaban J connectivity index is 1.50. The molecule has 33 heavy (non-hydrogen) atoms. The van der Waals surface area contributed by atoms with Crippen LogP contribution in [-0.4, -0.2) is 65.9 Å². The summed E-state index contributed by atoms with van der Waals surface area (Å²) in [6.45, 7) is 6.58. The smallest absolute Gasteiger partial charge is 0.310 e. The summed E-state index contributed by atoms with van der Waals surface area (Å²) in [6.07, 6.45) is -4.37. The molecule has 1 aliphatic rings. The van der Waals surface area contributed by atoms with Crippen LogP contribution in [0.4, 0.5) is 13.2 Å². The number of halogens is 4. The van der Waals surface area contributed by atoms with E-state index < -0.39 is 11.7 Å². The second-order valence-electron chi connectivity index (χ2n) is 8.31. The predicted molar refractivity (Wildman–Crippen MR) is 125 cm³/mol. The van der Waals surface area contributed by atoms with Gasteiger partial charge in [-0.15, -0.1) is 0 Å². The van der Waals surface area contributed by atoms with Crippen LogP contribution in [0.1, 0.15) is 11.3 Å². The minimum Gasteiger partial charge on any atom is -0.310 e. The van der Waals surface area contributed by atoms with E-state index in [0.29, 0.717) is 17.3 Å². The third kappa shape index (κ3) is 6.14. The SMILES string of the molecule is CN1CCN(CCNCc2cc(-c3ccc(Cl)cc3)nn2-c2ccc(C(F)(F)F)cc2)CC1. The van der Waals surface area contributed by atoms with E-state index in [0.717, 1.165) is 68.4 Å². The van der Waals surface area contributed by atoms with Crippen molar-refractivity contribution in [3.8, 4) is 16.9 Å². The fourth-order valence-electron chi connectivity index (χ4n) is 3.85. The molecule has 2 heterocycles. The lowest BCUT2D eigenvalue weighted by molar-refractivity contribution is -0.137. The molecular weight excluding hydrogens is 451 g/mol. The molecule has 1 fully saturated rings. The summed E-state index contributed by atoms with van der Waals surface area (Å²) in [7, 11) is 2.14. The zero-order valence-corrected chi connectivity index (χ0v) is 19.2. The van der Waals surface area contributed by atoms with Crippen LogP contribution in [0, 0.1) is 0 Å². The lowest BCUT2D eigenvalue weighted by Gasteiger charge is -2.32. The molecule has 0 radical (unpaired) electrons. The molecule has 0 bridgehead atoms. The van der Waals surface area contributed by atoms with Gasteiger partial charge in [-0.1, -0.05) is 23.7 Å². The molecule has 1 aliphatic heterocycles. The predicted octanol–water partition coefficient (Wildman–Crippen LogP) is 4.55. The highest BCUT2D eigenvalue weighted by Gasteiger charge is 2.30. The Morgan fingerprint density at radius 3 is 2.27 bits per heavy atom. The zero-order chi connectivity index (χ0) is 23.4. The van der Waals surface area contributed by atoms with Crippen molar-refractivity contribution in [1.29, 1.82) is 0 Å². The molecule has 0 unspecified atom stereocenters. The van der Waals surface area contributed by atoms with Gasteiger partial charge in [-0.2, -0.15) is 18.3 Å². The molecular formula is C24H27ClF3N5. The van der Waals surface area contributed by atoms with Crippen molar-refractivity contribution in [1.82, 2.24) is 24.9 Å². The molecule has 176 valence electrons. The van der Waals surface area contributed by atoms with Gasteiger partial charge in [-0.05, 0) is 49.5 Å². The molecule has 1 aromatic heterocycles. The zero-order valence-electron chi connectivity index (χ0n) is 18.4. The lowest BCUT2D eigenvalue weighted by Crippen LogP contribution is -2.46. The van der Waals surface area contributed by atoms with E-state index in [1.54, 1.807) is 16.8 Å². The van der Waals surface area contributed by atoms with E-state index in [9.17, 15) is 13.2 Å². The Hall–Kier alpha value is -2.39. The van der Waals surface area contributed by atoms with Crippen LogP contribution >= 0.6 is 11.6 Å². The first-order valence-corrected chi connectivity index (χ1v) is 11.3. The minimum absolute atomic E-state index is 0.551. The van der Waals surface area contributed by atoms with E-state index >= 15 is 0 Å². The molecule has 1 N–H and O–H groups in total. The number of aromatic nitrogens is 2. The van der Waals surface area contributed by atoms with Crippen LogP contribution in [0.15, 0.2) is 54.6 Å². The highest BCUT2D eigenvalue weighted by atomic mass is 35.5. The average Bonchev–Trinajstić information content (AvgIpc) is 3.22. The molecule has 3 aromatic rings. The van der Waals surface area contributed by atoms with E-state index in [2.05, 4.69) is 27.3 Å². The summed E-state index contributed by atoms with van der Waals surface area (Å²) in [5.41, 5.74) is 2.41. The molecule has 1 saturated heterocycles. The number of nitrogens with zero attached hydrogens (tertiary/aromatic N) is 4. The van der Waals surface area contributed by atoms with Gasteiger partial charge in [-0.3, -0.25) is 4.90 Å². The monoisotopic (exact) mass is 477 g/mol. The van der Waals surface area contributed by atoms with Crippen LogP contribution in [-0.2, 0) is 12.7 Å². The van der Waals surface area contributed by atoms with E-state index in [4.69, 9.17) is 11.6 Å². The van der Waals surface area contributed by atoms with Crippen LogP contribution in [0.5, 0.6) is 0 Å². The van der Waals surface area contributed by atoms with Crippen LogP contribution < -0.4 is 5.32 Å². The van der Waals surface area contributed by atoms with Crippen LogP contribution in [0.25, 0.3) is 16.9 Å². The van der Waals surface area contributed by atoms with Crippen molar-refractivity contribution >= 4 is 11.6 Å². The van der Waals surface area contributed by atoms with E-state index in [1.807, 2.05) is 18.2 Å². The third-order valence-corrected chi connectivity index (χ3v) is 6.12. The average molecular weight is 478 g/mol. The summed E-state index contributed by atoms with van der Waals surface area (Å²) in [5.74, 6) is 0. The topological polar surface area (TPSA) is 36.3 Å². The normalized spacial score (nSPS) is 15.8. The molecule has 0 saturated carbocycles. The van der Waals surface area contributed by atoms with Gasteiger partial charge in [0.15, 0.2) is 0 Å². The van der Waals surface area contributed by atoms with Gasteiger partial charge in [-0.25, -0.2) is 4.68 Å². The number of nitrogens with one attached hydrogen (secondary N) is 1. The number of benzene rings is 2. The van der Waals surface area contributed by atoms with Gasteiger partial charge < -0.3 is 10.2 Å². The highest BCUT2D eigenvalue weighted by Crippen LogP contribution is 2.30. The van der Waals surface area contributed by atoms with E-state index in [-0.39, 0.29) is 0 Å². The molecule has 2 aromatic carbocycles. The van der Waals surface area contributed by atoms with Crippen molar-refractivity contribution in [3.05, 3.63) is 70.9 Å². The Kier molecular flexibility index (Phi) is 7.38. The molecule has 0 atom stereocenters. The molecule has 4 rings (SSSR count). The first kappa shape index (κ1) is 23.8. The number of piperazine rings is 1. The Morgan fingerprint density at radius 1 is 0.970 bits per heavy atom. The third-order valence-electron chi connectivity index (χ3n) is 5.87. The summed E-state index contributed by atoms with van der Waals surface area (Å²) >= 11 is 6.01. The van der Waals surface area contributed by atoms with Crippen molar-refractivity contribution in [3.63, 3.8) is 0 Å². The number of likely N-dealkylation sites (N-methyl/N-ethyl adjacent to an activating group) is 1. The summed E-state index contributed by atoms with van der Waals surface area (Å²) in [4.78, 5) is 4.75. The molecule has 0 spiro atoms. The highest BCUT2D eigenvalue weighted by molar-refractivity contribution is 6.30. The maximum Gasteiger partial charge on any atom is 0.416 e. The van der Waals surface area contributed by atoms with Gasteiger partial charge in [0.05, 0.1) is 22.6 Å². The number of hydrogen-bond acceptors (Lipinski definition) is 4. The van der Waals surface area contributed by atoms with Crippen LogP contribution in [0.3, 0.4) is 0 Å². The van der Waals surface area contributed by atoms with Crippen LogP contribution in [0.2, 0.25) is 5.02 Å². The van der Waals surface area contributed by atoms with Gasteiger partial charge in [0.25, 0.3) is 0 Å². The van der Waals surface area contributed by atoms with Gasteiger partial charge in [0, 0.05) is 56.4 Å². The standard InChI is InChI=1S/C24H27ClF3N5/c1-31-12-14-32(15-13-31)11-10-29-17-22-16-23(18-2-6-20(25)7-3-18)30-33(22)21-8-4-19(5-9-21)24(26,27)28/h2-9,16,29H,10-15,17H2,1H3. The largest absolute Gasteiger partial charge is 0.416 e. The van der Waals surface area contributed by atoms with Gasteiger partial charge in [0.2, 0.25) is 0 Å². The minimum atomic E-state index is -4.37. The Morgan fingerprint density at radius 2 is 1.64 bits per heavy atom. The first-order valence-electron chi connectivity index (χ1n) is 10.9. The fourth-order valence-corrected chi connectivity index (χ4v) is 3.97. The number of rotatable bonds is 7. The quantitative estimate of drug-likeness (QED) is 0.507. The maximum absolute atomic E-state index is 13.0. The second kappa shape index (κ2) is 10.3. The number of hydrogen-bond donors (Lipinski definition) is 1. The second-order valence-corrected chi connectivity index (χ2v) is 8.74. The van der Waals surface area contributed by atoms with Crippen molar-refractivity contribution in [2.75, 3.05) is 46.3 Å². The Labute approximate surface area is 196 Å². The van der Waals surface area contributed by atoms with Crippen molar-refractivity contribution in [2.45, 2.75) is 12.7 Å². The summed E-state index contributed by atoms with van der Waals surface area (Å²) < 4.78 is 40.7. The van der Waals surface area contributed by atoms with Crippen molar-refractivity contribution in [2.24, 2.45) is 0 Å². The lowest BCUT2D eigenvalue weighted by atomic mass is 10.1. The first-order chi connectivity index (χ1) is 15.8. The summed E-state index contributed by atoms with van der Waals surface area (Å²) in [6, 6.07) is 14.4. The van der Waals surface area contributed by atoms with Gasteiger partial charge >= 0.3 is 6.18 Å². The Bertz CT molecular complexity index is 1040. The maximum atomic E-state index is 13.0. The molecule has 9 heteroatoms. The molecule has 0 aliphatic carbocycles. The fraction of sp³-hybridized carbons (Fsp3) is 0.375. The molecule has 5 nitrogen and oxygen atoms in total. The van der Waals surface area contributed by atoms with E-state index in [1.165, 1.54) is 12.1 Å². The van der Waals surface area contributed by atoms with Gasteiger partial charge in [0.1, 0.15) is 0 Å². The molecule has 0 amide bonds. The number of alkyl halides is 3. The summed E-state index contributed by atoms with van der Waals surface area (Å²) in [5, 5.41) is 8.78. The van der Waals surface area contributed by atoms with Crippen molar-refractivity contribution < 1.29 is 13.2 Å².